The fourth-order valence-corrected chi connectivity index (χ4v) is 2.33. The van der Waals surface area contributed by atoms with Gasteiger partial charge < -0.3 is 5.32 Å². The van der Waals surface area contributed by atoms with Crippen molar-refractivity contribution in [1.29, 1.82) is 0 Å². The first kappa shape index (κ1) is 16.0. The fourth-order valence-electron chi connectivity index (χ4n) is 2.20. The van der Waals surface area contributed by atoms with E-state index in [1.54, 1.807) is 24.3 Å². The van der Waals surface area contributed by atoms with Gasteiger partial charge in [-0.05, 0) is 17.7 Å². The van der Waals surface area contributed by atoms with Crippen molar-refractivity contribution in [2.75, 3.05) is 0 Å². The number of amides is 1. The highest BCUT2D eigenvalue weighted by Gasteiger charge is 2.15. The summed E-state index contributed by atoms with van der Waals surface area (Å²) in [5.74, 6) is -0.662. The second-order valence-electron chi connectivity index (χ2n) is 5.13. The quantitative estimate of drug-likeness (QED) is 0.772. The second-order valence-corrected chi connectivity index (χ2v) is 5.56. The van der Waals surface area contributed by atoms with Gasteiger partial charge in [0.15, 0.2) is 5.82 Å². The third-order valence-electron chi connectivity index (χ3n) is 3.42. The van der Waals surface area contributed by atoms with E-state index in [9.17, 15) is 9.59 Å². The van der Waals surface area contributed by atoms with Gasteiger partial charge in [0, 0.05) is 17.1 Å². The van der Waals surface area contributed by atoms with Gasteiger partial charge in [0.1, 0.15) is 6.54 Å². The van der Waals surface area contributed by atoms with Gasteiger partial charge in [-0.2, -0.15) is 0 Å². The normalized spacial score (nSPS) is 10.5. The largest absolute Gasteiger partial charge is 0.442 e. The van der Waals surface area contributed by atoms with Crippen LogP contribution in [-0.4, -0.2) is 15.6 Å². The lowest BCUT2D eigenvalue weighted by Gasteiger charge is -2.07. The summed E-state index contributed by atoms with van der Waals surface area (Å²) in [5.41, 5.74) is 1.61. The molecule has 1 N–H and O–H groups in total. The molecule has 7 heteroatoms. The van der Waals surface area contributed by atoms with Gasteiger partial charge in [-0.3, -0.25) is 9.32 Å². The van der Waals surface area contributed by atoms with Crippen LogP contribution in [0.4, 0.5) is 0 Å². The van der Waals surface area contributed by atoms with E-state index < -0.39 is 5.76 Å². The molecule has 3 rings (SSSR count). The third-order valence-corrected chi connectivity index (χ3v) is 3.67. The maximum Gasteiger partial charge on any atom is 0.442 e. The lowest BCUT2D eigenvalue weighted by atomic mass is 10.2. The van der Waals surface area contributed by atoms with E-state index in [0.717, 1.165) is 5.56 Å². The molecule has 1 aromatic heterocycles. The molecule has 6 nitrogen and oxygen atoms in total. The summed E-state index contributed by atoms with van der Waals surface area (Å²) in [7, 11) is 0. The van der Waals surface area contributed by atoms with E-state index >= 15 is 0 Å². The average Bonchev–Trinajstić information content (AvgIpc) is 2.96. The minimum absolute atomic E-state index is 0.167. The highest BCUT2D eigenvalue weighted by atomic mass is 35.5. The van der Waals surface area contributed by atoms with E-state index in [0.29, 0.717) is 23.0 Å². The Labute approximate surface area is 142 Å². The molecule has 0 aliphatic heterocycles. The molecule has 0 unspecified atom stereocenters. The summed E-state index contributed by atoms with van der Waals surface area (Å²) in [4.78, 5) is 23.9. The Kier molecular flexibility index (Phi) is 4.77. The van der Waals surface area contributed by atoms with Crippen molar-refractivity contribution in [1.82, 2.24) is 15.0 Å². The van der Waals surface area contributed by atoms with Crippen molar-refractivity contribution in [3.05, 3.63) is 75.7 Å². The predicted octanol–water partition coefficient (Wildman–Crippen LogP) is 2.47. The molecule has 1 heterocycles. The summed E-state index contributed by atoms with van der Waals surface area (Å²) in [6.07, 6.45) is 0. The first-order valence-corrected chi connectivity index (χ1v) is 7.64. The van der Waals surface area contributed by atoms with Gasteiger partial charge >= 0.3 is 5.76 Å². The van der Waals surface area contributed by atoms with Gasteiger partial charge in [0.05, 0.1) is 0 Å². The summed E-state index contributed by atoms with van der Waals surface area (Å²) < 4.78 is 5.89. The van der Waals surface area contributed by atoms with Crippen molar-refractivity contribution in [2.45, 2.75) is 13.1 Å². The Morgan fingerprint density at radius 2 is 1.83 bits per heavy atom. The molecule has 122 valence electrons. The SMILES string of the molecule is O=C(Cn1c(-c2ccccc2)noc1=O)NCc1ccc(Cl)cc1. The van der Waals surface area contributed by atoms with E-state index in [1.807, 2.05) is 30.3 Å². The van der Waals surface area contributed by atoms with Crippen LogP contribution in [0.3, 0.4) is 0 Å². The molecule has 0 radical (unpaired) electrons. The van der Waals surface area contributed by atoms with Crippen LogP contribution in [0.1, 0.15) is 5.56 Å². The van der Waals surface area contributed by atoms with Crippen LogP contribution < -0.4 is 11.1 Å². The number of nitrogens with zero attached hydrogens (tertiary/aromatic N) is 2. The molecule has 0 bridgehead atoms. The number of carbonyl (C=O) groups excluding carboxylic acids is 1. The predicted molar refractivity (Wildman–Crippen MR) is 89.5 cm³/mol. The first-order chi connectivity index (χ1) is 11.6. The molecule has 0 saturated carbocycles. The summed E-state index contributed by atoms with van der Waals surface area (Å²) in [5, 5.41) is 7.13. The standard InChI is InChI=1S/C17H14ClN3O3/c18-14-8-6-12(7-9-14)10-19-15(22)11-21-16(20-24-17(21)23)13-4-2-1-3-5-13/h1-9H,10-11H2,(H,19,22). The number of aromatic nitrogens is 2. The zero-order valence-electron chi connectivity index (χ0n) is 12.6. The van der Waals surface area contributed by atoms with Crippen LogP contribution in [-0.2, 0) is 17.9 Å². The zero-order chi connectivity index (χ0) is 16.9. The highest BCUT2D eigenvalue weighted by molar-refractivity contribution is 6.30. The first-order valence-electron chi connectivity index (χ1n) is 7.26. The molecule has 0 aliphatic carbocycles. The molecule has 0 fully saturated rings. The van der Waals surface area contributed by atoms with Gasteiger partial charge in [-0.25, -0.2) is 9.36 Å². The summed E-state index contributed by atoms with van der Waals surface area (Å²) >= 11 is 5.82. The maximum absolute atomic E-state index is 12.1. The Morgan fingerprint density at radius 1 is 1.12 bits per heavy atom. The van der Waals surface area contributed by atoms with Crippen LogP contribution in [0.25, 0.3) is 11.4 Å². The Morgan fingerprint density at radius 3 is 2.54 bits per heavy atom. The third kappa shape index (κ3) is 3.72. The molecule has 3 aromatic rings. The molecule has 2 aromatic carbocycles. The number of rotatable bonds is 5. The Hall–Kier alpha value is -2.86. The molecular weight excluding hydrogens is 330 g/mol. The van der Waals surface area contributed by atoms with Crippen LogP contribution in [0, 0.1) is 0 Å². The monoisotopic (exact) mass is 343 g/mol. The fraction of sp³-hybridized carbons (Fsp3) is 0.118. The van der Waals surface area contributed by atoms with Crippen molar-refractivity contribution in [3.8, 4) is 11.4 Å². The van der Waals surface area contributed by atoms with Gasteiger partial charge in [-0.1, -0.05) is 59.2 Å². The molecule has 1 amide bonds. The summed E-state index contributed by atoms with van der Waals surface area (Å²) in [6, 6.07) is 16.2. The van der Waals surface area contributed by atoms with E-state index in [1.165, 1.54) is 4.57 Å². The number of benzene rings is 2. The number of carbonyl (C=O) groups is 1. The number of nitrogens with one attached hydrogen (secondary N) is 1. The van der Waals surface area contributed by atoms with Crippen molar-refractivity contribution < 1.29 is 9.32 Å². The van der Waals surface area contributed by atoms with Crippen LogP contribution in [0.2, 0.25) is 5.02 Å². The Balaban J connectivity index is 1.70. The van der Waals surface area contributed by atoms with E-state index in [4.69, 9.17) is 11.6 Å². The van der Waals surface area contributed by atoms with E-state index in [-0.39, 0.29) is 12.5 Å². The molecule has 0 atom stereocenters. The molecular formula is C17H14ClN3O3. The minimum atomic E-state index is -0.671. The van der Waals surface area contributed by atoms with Crippen molar-refractivity contribution in [3.63, 3.8) is 0 Å². The zero-order valence-corrected chi connectivity index (χ0v) is 13.4. The highest BCUT2D eigenvalue weighted by Crippen LogP contribution is 2.14. The van der Waals surface area contributed by atoms with Crippen molar-refractivity contribution in [2.24, 2.45) is 0 Å². The maximum atomic E-state index is 12.1. The number of halogens is 1. The van der Waals surface area contributed by atoms with Crippen LogP contribution in [0.15, 0.2) is 63.9 Å². The van der Waals surface area contributed by atoms with Gasteiger partial charge in [0.25, 0.3) is 0 Å². The van der Waals surface area contributed by atoms with Crippen LogP contribution >= 0.6 is 11.6 Å². The minimum Gasteiger partial charge on any atom is -0.350 e. The molecule has 24 heavy (non-hydrogen) atoms. The molecule has 0 aliphatic rings. The lowest BCUT2D eigenvalue weighted by molar-refractivity contribution is -0.121. The second kappa shape index (κ2) is 7.14. The van der Waals surface area contributed by atoms with Crippen LogP contribution in [0.5, 0.6) is 0 Å². The molecule has 0 saturated heterocycles. The smallest absolute Gasteiger partial charge is 0.350 e. The van der Waals surface area contributed by atoms with Gasteiger partial charge in [-0.15, -0.1) is 0 Å². The number of hydrogen-bond acceptors (Lipinski definition) is 4. The number of hydrogen-bond donors (Lipinski definition) is 1. The van der Waals surface area contributed by atoms with E-state index in [2.05, 4.69) is 15.0 Å². The Bertz CT molecular complexity index is 885. The summed E-state index contributed by atoms with van der Waals surface area (Å²) in [6.45, 7) is 0.177. The average molecular weight is 344 g/mol. The van der Waals surface area contributed by atoms with Crippen molar-refractivity contribution >= 4 is 17.5 Å². The lowest BCUT2D eigenvalue weighted by Crippen LogP contribution is -2.30. The topological polar surface area (TPSA) is 77.1 Å². The van der Waals surface area contributed by atoms with Gasteiger partial charge in [0.2, 0.25) is 5.91 Å². The molecule has 0 spiro atoms.